The Morgan fingerprint density at radius 1 is 1.42 bits per heavy atom. The Morgan fingerprint density at radius 3 is 2.95 bits per heavy atom. The van der Waals surface area contributed by atoms with Gasteiger partial charge in [0.25, 0.3) is 0 Å². The van der Waals surface area contributed by atoms with Gasteiger partial charge < -0.3 is 10.0 Å². The number of para-hydroxylation sites is 1. The van der Waals surface area contributed by atoms with Crippen molar-refractivity contribution in [3.63, 3.8) is 0 Å². The molecule has 0 spiro atoms. The summed E-state index contributed by atoms with van der Waals surface area (Å²) >= 11 is 0. The smallest absolute Gasteiger partial charge is 0.244 e. The van der Waals surface area contributed by atoms with E-state index in [1.165, 1.54) is 0 Å². The Balaban J connectivity index is 1.78. The first kappa shape index (κ1) is 12.2. The summed E-state index contributed by atoms with van der Waals surface area (Å²) in [6.45, 7) is 0.675. The van der Waals surface area contributed by atoms with Crippen LogP contribution in [0.1, 0.15) is 12.8 Å². The largest absolute Gasteiger partial charge is 0.395 e. The third kappa shape index (κ3) is 2.46. The predicted octanol–water partition coefficient (Wildman–Crippen LogP) is 1.02. The van der Waals surface area contributed by atoms with Crippen LogP contribution in [0.3, 0.4) is 0 Å². The van der Waals surface area contributed by atoms with E-state index in [2.05, 4.69) is 5.10 Å². The average Bonchev–Trinajstić information content (AvgIpc) is 3.19. The van der Waals surface area contributed by atoms with E-state index < -0.39 is 0 Å². The highest BCUT2D eigenvalue weighted by Gasteiger charge is 2.32. The number of benzene rings is 1. The number of aliphatic hydroxyl groups excluding tert-OH is 1. The lowest BCUT2D eigenvalue weighted by atomic mass is 10.2. The van der Waals surface area contributed by atoms with Gasteiger partial charge in [-0.1, -0.05) is 18.2 Å². The first-order valence-electron chi connectivity index (χ1n) is 6.60. The van der Waals surface area contributed by atoms with Crippen molar-refractivity contribution >= 4 is 16.8 Å². The predicted molar refractivity (Wildman–Crippen MR) is 71.6 cm³/mol. The van der Waals surface area contributed by atoms with E-state index in [9.17, 15) is 4.79 Å². The minimum atomic E-state index is 0.0160. The molecule has 1 aromatic carbocycles. The molecule has 5 heteroatoms. The number of carbonyl (C=O) groups is 1. The maximum Gasteiger partial charge on any atom is 0.244 e. The van der Waals surface area contributed by atoms with Gasteiger partial charge in [-0.15, -0.1) is 0 Å². The Hall–Kier alpha value is -1.88. The van der Waals surface area contributed by atoms with Gasteiger partial charge in [-0.3, -0.25) is 9.48 Å². The van der Waals surface area contributed by atoms with Gasteiger partial charge in [-0.25, -0.2) is 0 Å². The molecule has 0 bridgehead atoms. The van der Waals surface area contributed by atoms with Gasteiger partial charge in [0.15, 0.2) is 0 Å². The number of carbonyl (C=O) groups excluding carboxylic acids is 1. The molecule has 1 heterocycles. The van der Waals surface area contributed by atoms with Crippen molar-refractivity contribution in [3.8, 4) is 0 Å². The van der Waals surface area contributed by atoms with Crippen LogP contribution in [0.4, 0.5) is 0 Å². The maximum atomic E-state index is 12.3. The van der Waals surface area contributed by atoms with Crippen molar-refractivity contribution in [2.24, 2.45) is 0 Å². The van der Waals surface area contributed by atoms with E-state index in [4.69, 9.17) is 5.11 Å². The van der Waals surface area contributed by atoms with Gasteiger partial charge in [0.2, 0.25) is 5.91 Å². The lowest BCUT2D eigenvalue weighted by molar-refractivity contribution is -0.133. The van der Waals surface area contributed by atoms with Gasteiger partial charge in [0.05, 0.1) is 18.3 Å². The van der Waals surface area contributed by atoms with Gasteiger partial charge >= 0.3 is 0 Å². The summed E-state index contributed by atoms with van der Waals surface area (Å²) in [5.74, 6) is 0.0328. The van der Waals surface area contributed by atoms with E-state index in [1.54, 1.807) is 15.8 Å². The summed E-state index contributed by atoms with van der Waals surface area (Å²) in [7, 11) is 0. The van der Waals surface area contributed by atoms with E-state index in [0.717, 1.165) is 23.7 Å². The second kappa shape index (κ2) is 5.01. The van der Waals surface area contributed by atoms with Gasteiger partial charge in [0, 0.05) is 18.0 Å². The molecule has 1 aliphatic carbocycles. The maximum absolute atomic E-state index is 12.3. The summed E-state index contributed by atoms with van der Waals surface area (Å²) in [6.07, 6.45) is 3.87. The number of amides is 1. The van der Waals surface area contributed by atoms with Crippen LogP contribution < -0.4 is 0 Å². The molecule has 1 fully saturated rings. The molecule has 3 rings (SSSR count). The van der Waals surface area contributed by atoms with Gasteiger partial charge in [0.1, 0.15) is 6.54 Å². The Morgan fingerprint density at radius 2 is 2.21 bits per heavy atom. The van der Waals surface area contributed by atoms with Crippen molar-refractivity contribution in [2.75, 3.05) is 13.2 Å². The lowest BCUT2D eigenvalue weighted by Gasteiger charge is -2.21. The Labute approximate surface area is 111 Å². The summed E-state index contributed by atoms with van der Waals surface area (Å²) < 4.78 is 1.73. The zero-order valence-corrected chi connectivity index (χ0v) is 10.7. The third-order valence-corrected chi connectivity index (χ3v) is 3.48. The molecule has 0 saturated heterocycles. The Bertz CT molecular complexity index is 589. The van der Waals surface area contributed by atoms with Crippen molar-refractivity contribution in [2.45, 2.75) is 25.4 Å². The van der Waals surface area contributed by atoms with Crippen molar-refractivity contribution in [1.82, 2.24) is 14.7 Å². The summed E-state index contributed by atoms with van der Waals surface area (Å²) in [5, 5.41) is 14.3. The minimum absolute atomic E-state index is 0.0160. The van der Waals surface area contributed by atoms with Crippen molar-refractivity contribution < 1.29 is 9.90 Å². The molecule has 19 heavy (non-hydrogen) atoms. The fraction of sp³-hybridized carbons (Fsp3) is 0.429. The molecule has 5 nitrogen and oxygen atoms in total. The lowest BCUT2D eigenvalue weighted by Crippen LogP contribution is -2.37. The molecule has 1 amide bonds. The number of aromatic nitrogens is 2. The monoisotopic (exact) mass is 259 g/mol. The highest BCUT2D eigenvalue weighted by atomic mass is 16.3. The second-order valence-electron chi connectivity index (χ2n) is 4.90. The molecular formula is C14H17N3O2. The van der Waals surface area contributed by atoms with E-state index in [-0.39, 0.29) is 19.1 Å². The number of nitrogens with zero attached hydrogens (tertiary/aromatic N) is 3. The molecule has 0 aliphatic heterocycles. The minimum Gasteiger partial charge on any atom is -0.395 e. The average molecular weight is 259 g/mol. The first-order chi connectivity index (χ1) is 9.29. The molecule has 2 aromatic rings. The van der Waals surface area contributed by atoms with Crippen molar-refractivity contribution in [1.29, 1.82) is 0 Å². The fourth-order valence-electron chi connectivity index (χ4n) is 2.38. The highest BCUT2D eigenvalue weighted by molar-refractivity contribution is 5.82. The molecule has 1 aromatic heterocycles. The molecule has 1 saturated carbocycles. The normalized spacial score (nSPS) is 14.8. The summed E-state index contributed by atoms with van der Waals surface area (Å²) in [5.41, 5.74) is 0.968. The molecular weight excluding hydrogens is 242 g/mol. The molecule has 1 N–H and O–H groups in total. The van der Waals surface area contributed by atoms with Crippen LogP contribution in [0.2, 0.25) is 0 Å². The number of hydrogen-bond donors (Lipinski definition) is 1. The van der Waals surface area contributed by atoms with Crippen LogP contribution >= 0.6 is 0 Å². The van der Waals surface area contributed by atoms with E-state index in [0.29, 0.717) is 12.6 Å². The van der Waals surface area contributed by atoms with Crippen LogP contribution in [0, 0.1) is 0 Å². The topological polar surface area (TPSA) is 58.4 Å². The molecule has 0 unspecified atom stereocenters. The van der Waals surface area contributed by atoms with Crippen LogP contribution in [0.5, 0.6) is 0 Å². The van der Waals surface area contributed by atoms with E-state index in [1.807, 2.05) is 24.3 Å². The number of aliphatic hydroxyl groups is 1. The van der Waals surface area contributed by atoms with Crippen LogP contribution in [0.15, 0.2) is 30.5 Å². The van der Waals surface area contributed by atoms with Crippen LogP contribution in [-0.2, 0) is 11.3 Å². The number of rotatable bonds is 5. The standard InChI is InChI=1S/C14H17N3O2/c18-8-7-16(12-5-6-12)14(19)10-17-13-4-2-1-3-11(13)9-15-17/h1-4,9,12,18H,5-8,10H2. The molecule has 1 aliphatic rings. The van der Waals surface area contributed by atoms with Gasteiger partial charge in [-0.2, -0.15) is 5.10 Å². The third-order valence-electron chi connectivity index (χ3n) is 3.48. The molecule has 0 atom stereocenters. The quantitative estimate of drug-likeness (QED) is 0.872. The highest BCUT2D eigenvalue weighted by Crippen LogP contribution is 2.27. The summed E-state index contributed by atoms with van der Waals surface area (Å²) in [6, 6.07) is 8.16. The van der Waals surface area contributed by atoms with E-state index >= 15 is 0 Å². The van der Waals surface area contributed by atoms with Crippen LogP contribution in [0.25, 0.3) is 10.9 Å². The molecule has 0 radical (unpaired) electrons. The second-order valence-corrected chi connectivity index (χ2v) is 4.90. The van der Waals surface area contributed by atoms with Gasteiger partial charge in [-0.05, 0) is 18.9 Å². The number of hydrogen-bond acceptors (Lipinski definition) is 3. The molecule has 100 valence electrons. The first-order valence-corrected chi connectivity index (χ1v) is 6.60. The summed E-state index contributed by atoms with van der Waals surface area (Å²) in [4.78, 5) is 14.1. The fourth-order valence-corrected chi connectivity index (χ4v) is 2.38. The Kier molecular flexibility index (Phi) is 3.21. The number of fused-ring (bicyclic) bond motifs is 1. The SMILES string of the molecule is O=C(Cn1ncc2ccccc21)N(CCO)C1CC1. The zero-order valence-electron chi connectivity index (χ0n) is 10.7. The zero-order chi connectivity index (χ0) is 13.2. The van der Waals surface area contributed by atoms with Crippen LogP contribution in [-0.4, -0.2) is 44.9 Å². The van der Waals surface area contributed by atoms with Crippen molar-refractivity contribution in [3.05, 3.63) is 30.5 Å².